The van der Waals surface area contributed by atoms with E-state index < -0.39 is 0 Å². The third-order valence-electron chi connectivity index (χ3n) is 5.44. The van der Waals surface area contributed by atoms with E-state index in [1.807, 2.05) is 35.2 Å². The van der Waals surface area contributed by atoms with Gasteiger partial charge in [0.25, 0.3) is 5.91 Å². The van der Waals surface area contributed by atoms with Crippen LogP contribution < -0.4 is 0 Å². The fourth-order valence-corrected chi connectivity index (χ4v) is 3.94. The smallest absolute Gasteiger partial charge is 0.257 e. The minimum absolute atomic E-state index is 0.0742. The third-order valence-corrected chi connectivity index (χ3v) is 5.44. The number of phenols is 1. The number of hydrogen-bond acceptors (Lipinski definition) is 4. The Morgan fingerprint density at radius 2 is 1.72 bits per heavy atom. The first-order valence-corrected chi connectivity index (χ1v) is 9.06. The molecule has 1 amide bonds. The molecule has 0 unspecified atom stereocenters. The maximum atomic E-state index is 12.9. The van der Waals surface area contributed by atoms with Gasteiger partial charge in [-0.2, -0.15) is 0 Å². The van der Waals surface area contributed by atoms with Gasteiger partial charge in [-0.25, -0.2) is 0 Å². The number of benzene rings is 2. The van der Waals surface area contributed by atoms with E-state index in [1.54, 1.807) is 6.07 Å². The molecule has 0 atom stereocenters. The van der Waals surface area contributed by atoms with Crippen LogP contribution in [-0.2, 0) is 4.74 Å². The second-order valence-electron chi connectivity index (χ2n) is 6.85. The highest BCUT2D eigenvalue weighted by Crippen LogP contribution is 2.29. The number of rotatable bonds is 2. The van der Waals surface area contributed by atoms with Crippen LogP contribution in [0.2, 0.25) is 0 Å². The minimum Gasteiger partial charge on any atom is -0.506 e. The average molecular weight is 340 g/mol. The first kappa shape index (κ1) is 16.4. The molecule has 2 saturated heterocycles. The molecule has 0 radical (unpaired) electrons. The van der Waals surface area contributed by atoms with Crippen LogP contribution in [0.15, 0.2) is 36.4 Å². The van der Waals surface area contributed by atoms with E-state index in [0.717, 1.165) is 49.9 Å². The summed E-state index contributed by atoms with van der Waals surface area (Å²) < 4.78 is 5.44. The highest BCUT2D eigenvalue weighted by atomic mass is 16.5. The molecule has 5 heteroatoms. The molecular weight excluding hydrogens is 316 g/mol. The number of nitrogens with zero attached hydrogens (tertiary/aromatic N) is 2. The van der Waals surface area contributed by atoms with Gasteiger partial charge in [-0.3, -0.25) is 9.69 Å². The van der Waals surface area contributed by atoms with Crippen molar-refractivity contribution in [3.63, 3.8) is 0 Å². The number of carbonyl (C=O) groups excluding carboxylic acids is 1. The Labute approximate surface area is 147 Å². The molecule has 4 rings (SSSR count). The summed E-state index contributed by atoms with van der Waals surface area (Å²) in [6, 6.07) is 11.8. The Kier molecular flexibility index (Phi) is 4.59. The molecule has 0 saturated carbocycles. The first-order chi connectivity index (χ1) is 12.2. The topological polar surface area (TPSA) is 53.0 Å². The van der Waals surface area contributed by atoms with Gasteiger partial charge in [0.2, 0.25) is 0 Å². The molecule has 25 heavy (non-hydrogen) atoms. The summed E-state index contributed by atoms with van der Waals surface area (Å²) in [4.78, 5) is 17.2. The molecule has 0 bridgehead atoms. The standard InChI is InChI=1S/C20H24N2O3/c23-19-17-4-2-1-3-15(17)5-6-18(19)20(24)22-11-9-21(10-12-22)16-7-13-25-14-8-16/h1-6,16,23H,7-14H2. The average Bonchev–Trinajstić information content (AvgIpc) is 2.69. The van der Waals surface area contributed by atoms with Gasteiger partial charge in [0, 0.05) is 50.8 Å². The number of ether oxygens (including phenoxy) is 1. The summed E-state index contributed by atoms with van der Waals surface area (Å²) in [6.07, 6.45) is 2.17. The fraction of sp³-hybridized carbons (Fsp3) is 0.450. The van der Waals surface area contributed by atoms with Gasteiger partial charge < -0.3 is 14.7 Å². The first-order valence-electron chi connectivity index (χ1n) is 9.06. The Morgan fingerprint density at radius 3 is 2.48 bits per heavy atom. The summed E-state index contributed by atoms with van der Waals surface area (Å²) in [5.41, 5.74) is 0.401. The van der Waals surface area contributed by atoms with Gasteiger partial charge in [-0.1, -0.05) is 30.3 Å². The van der Waals surface area contributed by atoms with Gasteiger partial charge in [-0.05, 0) is 24.3 Å². The van der Waals surface area contributed by atoms with Crippen molar-refractivity contribution in [1.29, 1.82) is 0 Å². The Balaban J connectivity index is 1.46. The summed E-state index contributed by atoms with van der Waals surface area (Å²) in [5, 5.41) is 12.2. The molecule has 2 fully saturated rings. The zero-order valence-corrected chi connectivity index (χ0v) is 14.4. The number of aromatic hydroxyl groups is 1. The number of amides is 1. The Hall–Kier alpha value is -2.11. The number of hydrogen-bond donors (Lipinski definition) is 1. The monoisotopic (exact) mass is 340 g/mol. The summed E-state index contributed by atoms with van der Waals surface area (Å²) in [5.74, 6) is 0.0184. The van der Waals surface area contributed by atoms with Gasteiger partial charge in [0.05, 0.1) is 5.56 Å². The van der Waals surface area contributed by atoms with Crippen LogP contribution >= 0.6 is 0 Å². The Bertz CT molecular complexity index is 763. The van der Waals surface area contributed by atoms with Crippen LogP contribution in [0.3, 0.4) is 0 Å². The molecule has 1 N–H and O–H groups in total. The lowest BCUT2D eigenvalue weighted by Gasteiger charge is -2.40. The van der Waals surface area contributed by atoms with Crippen molar-refractivity contribution < 1.29 is 14.6 Å². The number of piperazine rings is 1. The number of fused-ring (bicyclic) bond motifs is 1. The van der Waals surface area contributed by atoms with Gasteiger partial charge in [-0.15, -0.1) is 0 Å². The normalized spacial score (nSPS) is 20.1. The molecular formula is C20H24N2O3. The van der Waals surface area contributed by atoms with E-state index in [4.69, 9.17) is 4.74 Å². The molecule has 5 nitrogen and oxygen atoms in total. The van der Waals surface area contributed by atoms with E-state index in [1.165, 1.54) is 0 Å². The molecule has 2 aliphatic rings. The maximum absolute atomic E-state index is 12.9. The number of phenolic OH excluding ortho intramolecular Hbond substituents is 1. The van der Waals surface area contributed by atoms with Crippen molar-refractivity contribution in [3.8, 4) is 5.75 Å². The van der Waals surface area contributed by atoms with Gasteiger partial charge in [0.15, 0.2) is 0 Å². The van der Waals surface area contributed by atoms with Crippen LogP contribution in [0.4, 0.5) is 0 Å². The summed E-state index contributed by atoms with van der Waals surface area (Å²) in [7, 11) is 0. The lowest BCUT2D eigenvalue weighted by molar-refractivity contribution is 0.0137. The molecule has 0 spiro atoms. The predicted octanol–water partition coefficient (Wildman–Crippen LogP) is 2.48. The van der Waals surface area contributed by atoms with Gasteiger partial charge in [0.1, 0.15) is 5.75 Å². The van der Waals surface area contributed by atoms with Crippen LogP contribution in [0, 0.1) is 0 Å². The zero-order valence-electron chi connectivity index (χ0n) is 14.4. The molecule has 2 heterocycles. The minimum atomic E-state index is -0.0742. The number of carbonyl (C=O) groups is 1. The quantitative estimate of drug-likeness (QED) is 0.913. The zero-order chi connectivity index (χ0) is 17.2. The predicted molar refractivity (Wildman–Crippen MR) is 96.9 cm³/mol. The second kappa shape index (κ2) is 7.02. The fourth-order valence-electron chi connectivity index (χ4n) is 3.94. The largest absolute Gasteiger partial charge is 0.506 e. The highest BCUT2D eigenvalue weighted by molar-refractivity contribution is 6.03. The van der Waals surface area contributed by atoms with Crippen molar-refractivity contribution in [2.75, 3.05) is 39.4 Å². The van der Waals surface area contributed by atoms with E-state index in [2.05, 4.69) is 4.90 Å². The van der Waals surface area contributed by atoms with Crippen molar-refractivity contribution in [2.24, 2.45) is 0 Å². The second-order valence-corrected chi connectivity index (χ2v) is 6.85. The summed E-state index contributed by atoms with van der Waals surface area (Å²) in [6.45, 7) is 4.89. The molecule has 2 aliphatic heterocycles. The molecule has 0 aromatic heterocycles. The summed E-state index contributed by atoms with van der Waals surface area (Å²) >= 11 is 0. The third kappa shape index (κ3) is 3.22. The maximum Gasteiger partial charge on any atom is 0.257 e. The van der Waals surface area contributed by atoms with Crippen LogP contribution in [0.1, 0.15) is 23.2 Å². The van der Waals surface area contributed by atoms with Crippen molar-refractivity contribution in [2.45, 2.75) is 18.9 Å². The molecule has 2 aromatic rings. The lowest BCUT2D eigenvalue weighted by atomic mass is 10.0. The van der Waals surface area contributed by atoms with E-state index in [-0.39, 0.29) is 11.7 Å². The van der Waals surface area contributed by atoms with Crippen molar-refractivity contribution in [3.05, 3.63) is 42.0 Å². The Morgan fingerprint density at radius 1 is 1.00 bits per heavy atom. The van der Waals surface area contributed by atoms with Crippen LogP contribution in [0.25, 0.3) is 10.8 Å². The van der Waals surface area contributed by atoms with Crippen molar-refractivity contribution in [1.82, 2.24) is 9.80 Å². The molecule has 2 aromatic carbocycles. The molecule has 0 aliphatic carbocycles. The SMILES string of the molecule is O=C(c1ccc2ccccc2c1O)N1CCN(C2CCOCC2)CC1. The van der Waals surface area contributed by atoms with Crippen molar-refractivity contribution >= 4 is 16.7 Å². The van der Waals surface area contributed by atoms with E-state index in [0.29, 0.717) is 24.7 Å². The lowest BCUT2D eigenvalue weighted by Crippen LogP contribution is -2.53. The van der Waals surface area contributed by atoms with Crippen LogP contribution in [-0.4, -0.2) is 66.2 Å². The molecule has 132 valence electrons. The van der Waals surface area contributed by atoms with E-state index in [9.17, 15) is 9.90 Å². The van der Waals surface area contributed by atoms with E-state index >= 15 is 0 Å². The van der Waals surface area contributed by atoms with Gasteiger partial charge >= 0.3 is 0 Å². The van der Waals surface area contributed by atoms with Crippen LogP contribution in [0.5, 0.6) is 5.75 Å². The highest BCUT2D eigenvalue weighted by Gasteiger charge is 2.28.